The summed E-state index contributed by atoms with van der Waals surface area (Å²) in [5.41, 5.74) is 1.84. The number of benzene rings is 2. The molecule has 2 aliphatic heterocycles. The molecule has 0 radical (unpaired) electrons. The number of amides is 4. The Bertz CT molecular complexity index is 2120. The molecule has 2 heterocycles. The van der Waals surface area contributed by atoms with Crippen LogP contribution in [0.3, 0.4) is 0 Å². The van der Waals surface area contributed by atoms with Crippen LogP contribution >= 0.6 is 23.5 Å². The number of rotatable bonds is 36. The van der Waals surface area contributed by atoms with Crippen LogP contribution in [0.4, 0.5) is 9.59 Å². The van der Waals surface area contributed by atoms with Crippen molar-refractivity contribution in [3.8, 4) is 0 Å². The van der Waals surface area contributed by atoms with Crippen molar-refractivity contribution in [2.24, 2.45) is 0 Å². The molecule has 4 rings (SSSR count). The van der Waals surface area contributed by atoms with Crippen LogP contribution in [0.25, 0.3) is 0 Å². The molecule has 6 atom stereocenters. The number of thioether (sulfide) groups is 2. The molecule has 0 spiro atoms. The van der Waals surface area contributed by atoms with Gasteiger partial charge in [-0.15, -0.1) is 23.5 Å². The maximum atomic E-state index is 13.2. The molecule has 2 aromatic rings. The van der Waals surface area contributed by atoms with Crippen LogP contribution in [0.5, 0.6) is 0 Å². The average Bonchev–Trinajstić information content (AvgIpc) is 4.00. The number of ether oxygens (including phenoxy) is 2. The lowest BCUT2D eigenvalue weighted by Gasteiger charge is -2.23. The van der Waals surface area contributed by atoms with Crippen molar-refractivity contribution in [2.75, 3.05) is 11.5 Å². The maximum absolute atomic E-state index is 13.2. The first-order valence-corrected chi connectivity index (χ1v) is 31.2. The fourth-order valence-corrected chi connectivity index (χ4v) is 10.9. The van der Waals surface area contributed by atoms with E-state index in [0.29, 0.717) is 12.8 Å². The highest BCUT2D eigenvalue weighted by molar-refractivity contribution is 8.00. The zero-order valence-corrected chi connectivity index (χ0v) is 49.7. The summed E-state index contributed by atoms with van der Waals surface area (Å²) in [5, 5.41) is -0.438. The van der Waals surface area contributed by atoms with E-state index in [1.807, 2.05) is 88.4 Å². The number of carbonyl (C=O) groups is 4. The van der Waals surface area contributed by atoms with Gasteiger partial charge in [-0.3, -0.25) is 9.59 Å². The van der Waals surface area contributed by atoms with E-state index in [4.69, 9.17) is 9.47 Å². The number of nitrogens with zero attached hydrogens (tertiary/aromatic N) is 2. The molecule has 2 aliphatic rings. The lowest BCUT2D eigenvalue weighted by atomic mass is 10.0. The van der Waals surface area contributed by atoms with Crippen molar-refractivity contribution in [1.29, 1.82) is 0 Å². The number of unbranched alkanes of at least 4 members (excludes halogenated alkanes) is 4. The number of cyclic esters (lactones) is 2. The van der Waals surface area contributed by atoms with Gasteiger partial charge in [0.05, 0.1) is 22.6 Å². The Balaban J connectivity index is 0.000000410. The standard InChI is InChI=1S/2C34H47NO3S/c2*1-4-6-7-8-9-10-11-12-13-14-15-16-17-18-19-20-21-25-28-39-31(5-2)33(36)35-29(3)32(38-34(35)37)30-26-23-22-24-27-30/h2*6-7,9-10,12-13,15-16,18-19,22-24,26-27,29,31-32H,4-5,8,11,14,17,20-21,25,28H2,1-3H3/b2*7-6-,10-9-,13-12-,16-15-,19-18-/t2*29-,31+,32-/m10/s1. The van der Waals surface area contributed by atoms with Crippen molar-refractivity contribution in [1.82, 2.24) is 9.80 Å². The molecule has 0 saturated carbocycles. The van der Waals surface area contributed by atoms with Gasteiger partial charge in [0.25, 0.3) is 0 Å². The van der Waals surface area contributed by atoms with Crippen LogP contribution in [0.15, 0.2) is 182 Å². The van der Waals surface area contributed by atoms with E-state index >= 15 is 0 Å². The van der Waals surface area contributed by atoms with Gasteiger partial charge in [0.15, 0.2) is 0 Å². The largest absolute Gasteiger partial charge is 0.439 e. The molecule has 0 aromatic heterocycles. The number of carbonyl (C=O) groups excluding carboxylic acids is 4. The third-order valence-corrected chi connectivity index (χ3v) is 16.0. The molecule has 2 aromatic carbocycles. The SMILES string of the molecule is CC/C=C\C/C=C\C/C=C\C/C=C\C/C=C\CCCCS[C@@H](CC)C(=O)N1C(=O)O[C@@H](c2ccccc2)[C@H]1C.CC/C=C\C/C=C\C/C=C\C/C=C\C/C=C\CCCCS[C@H](CC)C(=O)N1C(=O)O[C@H](c2ccccc2)[C@@H]1C. The van der Waals surface area contributed by atoms with Crippen LogP contribution in [0.2, 0.25) is 0 Å². The molecule has 0 aliphatic carbocycles. The second-order valence-electron chi connectivity index (χ2n) is 19.3. The molecule has 2 fully saturated rings. The molecule has 0 N–H and O–H groups in total. The Hall–Kier alpha value is -5.58. The molecule has 0 bridgehead atoms. The van der Waals surface area contributed by atoms with E-state index < -0.39 is 24.4 Å². The third kappa shape index (κ3) is 26.9. The molecule has 0 unspecified atom stereocenters. The van der Waals surface area contributed by atoms with E-state index in [0.717, 1.165) is 125 Å². The molecule has 4 amide bonds. The second kappa shape index (κ2) is 43.3. The van der Waals surface area contributed by atoms with Crippen molar-refractivity contribution < 1.29 is 28.7 Å². The first-order chi connectivity index (χ1) is 38.2. The van der Waals surface area contributed by atoms with Gasteiger partial charge in [0.1, 0.15) is 12.2 Å². The van der Waals surface area contributed by atoms with Gasteiger partial charge in [-0.05, 0) is 152 Å². The lowest BCUT2D eigenvalue weighted by molar-refractivity contribution is -0.129. The normalized spacial score (nSPS) is 18.9. The van der Waals surface area contributed by atoms with E-state index in [9.17, 15) is 19.2 Å². The van der Waals surface area contributed by atoms with Crippen LogP contribution in [0.1, 0.15) is 180 Å². The summed E-state index contributed by atoms with van der Waals surface area (Å²) in [6.45, 7) is 12.1. The monoisotopic (exact) mass is 1100 g/mol. The van der Waals surface area contributed by atoms with Crippen molar-refractivity contribution in [2.45, 2.75) is 192 Å². The van der Waals surface area contributed by atoms with E-state index in [1.165, 1.54) is 9.80 Å². The average molecular weight is 1100 g/mol. The summed E-state index contributed by atoms with van der Waals surface area (Å²) in [4.78, 5) is 54.1. The van der Waals surface area contributed by atoms with Gasteiger partial charge in [-0.25, -0.2) is 19.4 Å². The third-order valence-electron chi connectivity index (χ3n) is 13.0. The zero-order chi connectivity index (χ0) is 56.3. The summed E-state index contributed by atoms with van der Waals surface area (Å²) in [6, 6.07) is 18.7. The highest BCUT2D eigenvalue weighted by Gasteiger charge is 2.46. The number of hydrogen-bond donors (Lipinski definition) is 0. The summed E-state index contributed by atoms with van der Waals surface area (Å²) in [7, 11) is 0. The van der Waals surface area contributed by atoms with Crippen LogP contribution in [-0.2, 0) is 19.1 Å². The van der Waals surface area contributed by atoms with Gasteiger partial charge in [0, 0.05) is 0 Å². The Morgan fingerprint density at radius 1 is 0.436 bits per heavy atom. The summed E-state index contributed by atoms with van der Waals surface area (Å²) in [6.07, 6.45) is 60.4. The van der Waals surface area contributed by atoms with Crippen molar-refractivity contribution in [3.63, 3.8) is 0 Å². The van der Waals surface area contributed by atoms with Crippen molar-refractivity contribution in [3.05, 3.63) is 193 Å². The topological polar surface area (TPSA) is 93.2 Å². The molecular weight excluding hydrogens is 1000 g/mol. The highest BCUT2D eigenvalue weighted by atomic mass is 32.2. The minimum absolute atomic E-state index is 0.128. The Morgan fingerprint density at radius 2 is 0.718 bits per heavy atom. The molecule has 10 heteroatoms. The van der Waals surface area contributed by atoms with Gasteiger partial charge in [-0.1, -0.05) is 210 Å². The predicted molar refractivity (Wildman–Crippen MR) is 334 cm³/mol. The molecular formula is C68H94N2O6S2. The Morgan fingerprint density at radius 3 is 1.00 bits per heavy atom. The van der Waals surface area contributed by atoms with Gasteiger partial charge in [0.2, 0.25) is 11.8 Å². The highest BCUT2D eigenvalue weighted by Crippen LogP contribution is 2.36. The zero-order valence-electron chi connectivity index (χ0n) is 48.1. The smallest absolute Gasteiger partial charge is 0.417 e. The molecule has 424 valence electrons. The first kappa shape index (κ1) is 66.7. The first-order valence-electron chi connectivity index (χ1n) is 29.1. The quantitative estimate of drug-likeness (QED) is 0.0492. The van der Waals surface area contributed by atoms with Crippen LogP contribution in [0, 0.1) is 0 Å². The summed E-state index contributed by atoms with van der Waals surface area (Å²) in [5.74, 6) is 1.57. The molecule has 8 nitrogen and oxygen atoms in total. The number of hydrogen-bond acceptors (Lipinski definition) is 8. The summed E-state index contributed by atoms with van der Waals surface area (Å²) < 4.78 is 11.1. The van der Waals surface area contributed by atoms with E-state index in [1.54, 1.807) is 23.5 Å². The van der Waals surface area contributed by atoms with Gasteiger partial charge < -0.3 is 9.47 Å². The molecule has 78 heavy (non-hydrogen) atoms. The van der Waals surface area contributed by atoms with Crippen LogP contribution in [-0.4, -0.2) is 67.9 Å². The van der Waals surface area contributed by atoms with Gasteiger partial charge in [-0.2, -0.15) is 0 Å². The van der Waals surface area contributed by atoms with Gasteiger partial charge >= 0.3 is 12.2 Å². The molecule has 2 saturated heterocycles. The fourth-order valence-electron chi connectivity index (χ4n) is 8.65. The Labute approximate surface area is 480 Å². The number of allylic oxidation sites excluding steroid dienone is 20. The lowest BCUT2D eigenvalue weighted by Crippen LogP contribution is -2.42. The summed E-state index contributed by atoms with van der Waals surface area (Å²) >= 11 is 3.32. The van der Waals surface area contributed by atoms with Crippen molar-refractivity contribution >= 4 is 47.5 Å². The fraction of sp³-hybridized carbons (Fsp3) is 0.471. The Kier molecular flexibility index (Phi) is 37.0. The van der Waals surface area contributed by atoms with E-state index in [-0.39, 0.29) is 34.4 Å². The van der Waals surface area contributed by atoms with E-state index in [2.05, 4.69) is 135 Å². The maximum Gasteiger partial charge on any atom is 0.417 e. The predicted octanol–water partition coefficient (Wildman–Crippen LogP) is 19.1. The number of imide groups is 2. The second-order valence-corrected chi connectivity index (χ2v) is 21.9. The van der Waals surface area contributed by atoms with Crippen LogP contribution < -0.4 is 0 Å². The minimum Gasteiger partial charge on any atom is -0.439 e. The minimum atomic E-state index is -0.529.